The van der Waals surface area contributed by atoms with Gasteiger partial charge in [0.2, 0.25) is 21.4 Å². The average Bonchev–Trinajstić information content (AvgIpc) is 4.21. The first kappa shape index (κ1) is 57.5. The lowest BCUT2D eigenvalue weighted by Gasteiger charge is -2.34. The summed E-state index contributed by atoms with van der Waals surface area (Å²) in [5.41, 5.74) is 5.32. The topological polar surface area (TPSA) is 227 Å². The number of ether oxygens (including phenoxy) is 1. The van der Waals surface area contributed by atoms with E-state index < -0.39 is 68.3 Å². The summed E-state index contributed by atoms with van der Waals surface area (Å²) in [6.45, 7) is 5.72. The van der Waals surface area contributed by atoms with Gasteiger partial charge in [0.05, 0.1) is 38.2 Å². The molecule has 1 atom stereocenters. The van der Waals surface area contributed by atoms with E-state index >= 15 is 0 Å². The van der Waals surface area contributed by atoms with Crippen molar-refractivity contribution in [2.24, 2.45) is 0 Å². The number of carbonyl (C=O) groups is 5. The minimum atomic E-state index is -4.41. The number of nitrogens with one attached hydrogen (secondary N) is 2. The lowest BCUT2D eigenvalue weighted by atomic mass is 10.0. The Morgan fingerprint density at radius 2 is 1.59 bits per heavy atom. The van der Waals surface area contributed by atoms with Gasteiger partial charge in [-0.05, 0) is 97.3 Å². The first-order valence-electron chi connectivity index (χ1n) is 25.3. The quantitative estimate of drug-likeness (QED) is 0.0358. The normalized spacial score (nSPS) is 16.2. The zero-order valence-corrected chi connectivity index (χ0v) is 47.3. The van der Waals surface area contributed by atoms with E-state index in [1.54, 1.807) is 47.1 Å². The molecule has 3 aliphatic rings. The van der Waals surface area contributed by atoms with Crippen LogP contribution >= 0.6 is 23.1 Å². The highest BCUT2D eigenvalue weighted by molar-refractivity contribution is 8.03. The highest BCUT2D eigenvalue weighted by Crippen LogP contribution is 2.49. The van der Waals surface area contributed by atoms with Gasteiger partial charge in [-0.1, -0.05) is 121 Å². The first-order valence-corrected chi connectivity index (χ1v) is 30.4. The number of imide groups is 2. The fraction of sp³-hybridized carbons (Fsp3) is 0.263. The number of rotatable bonds is 18. The molecule has 1 fully saturated rings. The van der Waals surface area contributed by atoms with Crippen molar-refractivity contribution in [3.05, 3.63) is 155 Å². The van der Waals surface area contributed by atoms with Crippen molar-refractivity contribution in [2.75, 3.05) is 48.7 Å². The first-order chi connectivity index (χ1) is 37.7. The second kappa shape index (κ2) is 25.0. The smallest absolute Gasteiger partial charge is 0.334 e. The van der Waals surface area contributed by atoms with E-state index in [1.165, 1.54) is 19.2 Å². The molecule has 1 aromatic heterocycles. The summed E-state index contributed by atoms with van der Waals surface area (Å²) in [5.74, 6) is -2.50. The number of fused-ring (bicyclic) bond motifs is 5. The Labute approximate surface area is 467 Å². The van der Waals surface area contributed by atoms with E-state index in [-0.39, 0.29) is 25.3 Å². The number of amides is 6. The molecule has 22 heteroatoms. The Hall–Kier alpha value is -7.63. The molecule has 3 aliphatic heterocycles. The van der Waals surface area contributed by atoms with Crippen LogP contribution < -0.4 is 29.1 Å². The van der Waals surface area contributed by atoms with Gasteiger partial charge in [-0.3, -0.25) is 33.7 Å². The third-order valence-corrected chi connectivity index (χ3v) is 16.4. The molecule has 0 aliphatic carbocycles. The Bertz CT molecular complexity index is 3710. The van der Waals surface area contributed by atoms with Crippen molar-refractivity contribution in [1.82, 2.24) is 19.8 Å². The molecular weight excluding hydrogens is 1090 g/mol. The summed E-state index contributed by atoms with van der Waals surface area (Å²) in [6.07, 6.45) is 11.3. The summed E-state index contributed by atoms with van der Waals surface area (Å²) >= 11 is 3.14. The second-order valence-electron chi connectivity index (χ2n) is 18.8. The molecule has 0 spiro atoms. The second-order valence-corrected chi connectivity index (χ2v) is 24.2. The van der Waals surface area contributed by atoms with Crippen molar-refractivity contribution >= 4 is 111 Å². The molecule has 1 saturated heterocycles. The fourth-order valence-electron chi connectivity index (χ4n) is 9.22. The number of nitrogens with zero attached hydrogens (tertiary/aromatic N) is 5. The summed E-state index contributed by atoms with van der Waals surface area (Å²) in [5, 5.41) is 6.94. The van der Waals surface area contributed by atoms with Crippen LogP contribution in [-0.4, -0.2) is 106 Å². The van der Waals surface area contributed by atoms with E-state index in [2.05, 4.69) is 64.2 Å². The van der Waals surface area contributed by atoms with E-state index in [0.29, 0.717) is 18.7 Å². The molecule has 1 unspecified atom stereocenters. The average molecular weight is 1150 g/mol. The molecular formula is C57H59N7O11S4. The Morgan fingerprint density at radius 1 is 0.861 bits per heavy atom. The molecule has 18 nitrogen and oxygen atoms in total. The van der Waals surface area contributed by atoms with Crippen molar-refractivity contribution in [3.8, 4) is 16.9 Å². The van der Waals surface area contributed by atoms with Crippen molar-refractivity contribution in [2.45, 2.75) is 64.1 Å². The third-order valence-electron chi connectivity index (χ3n) is 12.8. The maximum Gasteiger partial charge on any atom is 0.334 e. The van der Waals surface area contributed by atoms with Gasteiger partial charge >= 0.3 is 6.03 Å². The number of aryl methyl sites for hydroxylation is 1. The number of hydrogen-bond donors (Lipinski definition) is 2. The van der Waals surface area contributed by atoms with Gasteiger partial charge in [0.15, 0.2) is 13.3 Å². The predicted molar refractivity (Wildman–Crippen MR) is 307 cm³/mol. The van der Waals surface area contributed by atoms with Crippen molar-refractivity contribution in [1.29, 1.82) is 0 Å². The minimum absolute atomic E-state index is 0.0515. The molecule has 0 radical (unpaired) electrons. The van der Waals surface area contributed by atoms with Gasteiger partial charge in [0.25, 0.3) is 22.7 Å². The monoisotopic (exact) mass is 1150 g/mol. The Balaban J connectivity index is 0.000000410. The van der Waals surface area contributed by atoms with Crippen molar-refractivity contribution in [3.63, 3.8) is 0 Å². The molecule has 6 amide bonds. The van der Waals surface area contributed by atoms with Crippen molar-refractivity contribution < 1.29 is 54.7 Å². The summed E-state index contributed by atoms with van der Waals surface area (Å²) in [6, 6.07) is 34.8. The number of likely N-dealkylation sites (N-methyl/N-ethyl adjacent to an activating group) is 1. The molecule has 412 valence electrons. The molecule has 79 heavy (non-hydrogen) atoms. The van der Waals surface area contributed by atoms with Gasteiger partial charge in [-0.15, -0.1) is 0 Å². The Kier molecular flexibility index (Phi) is 18.2. The molecule has 0 bridgehead atoms. The number of sulfonamides is 1. The number of unbranched alkanes of at least 4 members (excludes halogenated alkanes) is 1. The van der Waals surface area contributed by atoms with Gasteiger partial charge in [0.1, 0.15) is 35.3 Å². The highest BCUT2D eigenvalue weighted by Gasteiger charge is 2.41. The van der Waals surface area contributed by atoms with Gasteiger partial charge < -0.3 is 24.4 Å². The molecule has 5 aromatic carbocycles. The van der Waals surface area contributed by atoms with Crippen LogP contribution in [0.3, 0.4) is 0 Å². The number of aromatic nitrogens is 1. The molecule has 2 N–H and O–H groups in total. The molecule has 4 heterocycles. The van der Waals surface area contributed by atoms with Crippen LogP contribution in [0.25, 0.3) is 38.2 Å². The third kappa shape index (κ3) is 14.0. The number of allylic oxidation sites excluding steroid dienone is 5. The zero-order valence-electron chi connectivity index (χ0n) is 44.1. The number of urea groups is 1. The van der Waals surface area contributed by atoms with Crippen LogP contribution in [0, 0.1) is 0 Å². The highest BCUT2D eigenvalue weighted by atomic mass is 32.2. The van der Waals surface area contributed by atoms with Crippen LogP contribution in [0.2, 0.25) is 0 Å². The summed E-state index contributed by atoms with van der Waals surface area (Å²) < 4.78 is 67.0. The number of thioether (sulfide) groups is 1. The largest absolute Gasteiger partial charge is 0.748 e. The fourth-order valence-corrected chi connectivity index (χ4v) is 12.6. The van der Waals surface area contributed by atoms with Gasteiger partial charge in [-0.2, -0.15) is 4.57 Å². The van der Waals surface area contributed by atoms with Crippen LogP contribution in [-0.2, 0) is 45.9 Å². The number of benzene rings is 5. The molecule has 9 rings (SSSR count). The van der Waals surface area contributed by atoms with Crippen LogP contribution in [0.5, 0.6) is 5.75 Å². The number of hydrogen-bond acceptors (Lipinski definition) is 15. The number of carbonyl (C=O) groups excluding carboxylic acids is 5. The minimum Gasteiger partial charge on any atom is -0.748 e. The lowest BCUT2D eigenvalue weighted by Crippen LogP contribution is -2.58. The van der Waals surface area contributed by atoms with E-state index in [4.69, 9.17) is 4.74 Å². The molecule has 6 aromatic rings. The summed E-state index contributed by atoms with van der Waals surface area (Å²) in [4.78, 5) is 71.4. The van der Waals surface area contributed by atoms with Gasteiger partial charge in [0, 0.05) is 30.2 Å². The maximum atomic E-state index is 14.1. The standard InChI is InChI=1S/C47H47N5O7S3.C10H12N2O4S/c1-5-7-18-36-45(54)49(4)47(56)51(46(36)55)30-41(53)48-40(20-8-6-2)52-37-29-34(32-15-10-9-11-16-32)22-23-38(37)60-43(52)28-31(3)27-42-50(25-14-26-62(57,58)59)44-35-19-13-12-17-33(35)21-24-39(44)61-42;1-17(14,15)11-10(13)6-12-7-16-9-5-3-2-4-8(9)12/h5,7,9-13,15-19,21-24,27-29,40H,6,8,14,20,25-26,30H2,1-4H3,(H-,48,53,57,58,59);2-5H,6-7H2,1H3,(H,11,13). The SMILES string of the molecule is CC=CC=C1C(=O)N(C)C(=O)N(CC(=O)NC(CCCC)N2C(=CC(C)=Cc3sc4ccc5ccccc5c4[n+]3CCCS(=O)(=O)[O-])Sc3ccc(-c4ccccc4)cc32)C1=O.CS(=O)(=O)NC(=O)CN1COc2ccccc21. The van der Waals surface area contributed by atoms with Gasteiger partial charge in [-0.25, -0.2) is 21.6 Å². The maximum absolute atomic E-state index is 14.1. The zero-order chi connectivity index (χ0) is 56.6. The van der Waals surface area contributed by atoms with Crippen LogP contribution in [0.1, 0.15) is 51.5 Å². The number of anilines is 2. The van der Waals surface area contributed by atoms with E-state index in [1.807, 2.05) is 84.4 Å². The van der Waals surface area contributed by atoms with Crippen LogP contribution in [0.4, 0.5) is 16.2 Å². The molecule has 0 saturated carbocycles. The number of para-hydroxylation sites is 2. The van der Waals surface area contributed by atoms with E-state index in [0.717, 1.165) is 92.9 Å². The predicted octanol–water partition coefficient (Wildman–Crippen LogP) is 8.28. The van der Waals surface area contributed by atoms with Crippen LogP contribution in [0.15, 0.2) is 155 Å². The number of barbiturate groups is 1. The Morgan fingerprint density at radius 3 is 2.33 bits per heavy atom. The van der Waals surface area contributed by atoms with E-state index in [9.17, 15) is 45.4 Å². The number of thiazole rings is 1. The lowest BCUT2D eigenvalue weighted by molar-refractivity contribution is -0.667. The summed E-state index contributed by atoms with van der Waals surface area (Å²) in [7, 11) is -6.63.